The SMILES string of the molecule is CC(NC(=O)c1cccs1)C(=O)NC(C)c1cccc(OC(F)F)c1. The zero-order chi connectivity index (χ0) is 18.4. The standard InChI is InChI=1S/C17H18F2N2O3S/c1-10(12-5-3-6-13(9-12)24-17(18)19)20-15(22)11(2)21-16(23)14-7-4-8-25-14/h3-11,17H,1-2H3,(H,20,22)(H,21,23). The molecule has 2 rings (SSSR count). The van der Waals surface area contributed by atoms with Gasteiger partial charge in [-0.25, -0.2) is 0 Å². The molecule has 2 atom stereocenters. The predicted molar refractivity (Wildman–Crippen MR) is 90.9 cm³/mol. The van der Waals surface area contributed by atoms with Gasteiger partial charge in [-0.2, -0.15) is 8.78 Å². The van der Waals surface area contributed by atoms with Gasteiger partial charge >= 0.3 is 6.61 Å². The maximum absolute atomic E-state index is 12.3. The summed E-state index contributed by atoms with van der Waals surface area (Å²) < 4.78 is 28.9. The maximum Gasteiger partial charge on any atom is 0.387 e. The van der Waals surface area contributed by atoms with Crippen LogP contribution >= 0.6 is 11.3 Å². The maximum atomic E-state index is 12.3. The van der Waals surface area contributed by atoms with E-state index in [0.29, 0.717) is 10.4 Å². The Hall–Kier alpha value is -2.48. The Balaban J connectivity index is 1.93. The van der Waals surface area contributed by atoms with Crippen molar-refractivity contribution in [1.29, 1.82) is 0 Å². The van der Waals surface area contributed by atoms with Gasteiger partial charge in [0.1, 0.15) is 11.8 Å². The van der Waals surface area contributed by atoms with Crippen molar-refractivity contribution in [3.8, 4) is 5.75 Å². The third-order valence-electron chi connectivity index (χ3n) is 3.43. The number of hydrogen-bond donors (Lipinski definition) is 2. The molecule has 1 heterocycles. The van der Waals surface area contributed by atoms with Gasteiger partial charge in [-0.3, -0.25) is 9.59 Å². The number of carbonyl (C=O) groups excluding carboxylic acids is 2. The largest absolute Gasteiger partial charge is 0.435 e. The Bertz CT molecular complexity index is 722. The summed E-state index contributed by atoms with van der Waals surface area (Å²) in [7, 11) is 0. The summed E-state index contributed by atoms with van der Waals surface area (Å²) in [5.74, 6) is -0.678. The van der Waals surface area contributed by atoms with E-state index in [0.717, 1.165) is 0 Å². The summed E-state index contributed by atoms with van der Waals surface area (Å²) in [6, 6.07) is 8.35. The van der Waals surface area contributed by atoms with E-state index < -0.39 is 18.7 Å². The number of benzene rings is 1. The Morgan fingerprint density at radius 3 is 2.52 bits per heavy atom. The molecule has 0 radical (unpaired) electrons. The van der Waals surface area contributed by atoms with Gasteiger partial charge in [0, 0.05) is 0 Å². The zero-order valence-electron chi connectivity index (χ0n) is 13.7. The average Bonchev–Trinajstić information content (AvgIpc) is 3.08. The van der Waals surface area contributed by atoms with Crippen molar-refractivity contribution in [1.82, 2.24) is 10.6 Å². The zero-order valence-corrected chi connectivity index (χ0v) is 14.5. The summed E-state index contributed by atoms with van der Waals surface area (Å²) in [5, 5.41) is 7.12. The summed E-state index contributed by atoms with van der Waals surface area (Å²) in [5.41, 5.74) is 0.614. The lowest BCUT2D eigenvalue weighted by molar-refractivity contribution is -0.123. The number of amides is 2. The molecule has 2 N–H and O–H groups in total. The van der Waals surface area contributed by atoms with Crippen LogP contribution in [0.5, 0.6) is 5.75 Å². The fourth-order valence-corrected chi connectivity index (χ4v) is 2.75. The Labute approximate surface area is 148 Å². The van der Waals surface area contributed by atoms with E-state index in [1.165, 1.54) is 23.5 Å². The molecule has 1 aromatic heterocycles. The van der Waals surface area contributed by atoms with E-state index in [9.17, 15) is 18.4 Å². The molecule has 1 aromatic carbocycles. The van der Waals surface area contributed by atoms with Crippen LogP contribution < -0.4 is 15.4 Å². The fraction of sp³-hybridized carbons (Fsp3) is 0.294. The molecule has 0 bridgehead atoms. The molecule has 0 fully saturated rings. The highest BCUT2D eigenvalue weighted by Gasteiger charge is 2.19. The van der Waals surface area contributed by atoms with Crippen molar-refractivity contribution >= 4 is 23.2 Å². The molecule has 0 spiro atoms. The molecule has 25 heavy (non-hydrogen) atoms. The number of alkyl halides is 2. The van der Waals surface area contributed by atoms with Gasteiger partial charge < -0.3 is 15.4 Å². The Morgan fingerprint density at radius 2 is 1.88 bits per heavy atom. The van der Waals surface area contributed by atoms with Crippen molar-refractivity contribution in [2.75, 3.05) is 0 Å². The van der Waals surface area contributed by atoms with Gasteiger partial charge in [0.15, 0.2) is 0 Å². The molecule has 2 amide bonds. The first-order valence-electron chi connectivity index (χ1n) is 7.56. The van der Waals surface area contributed by atoms with Crippen LogP contribution in [0.2, 0.25) is 0 Å². The summed E-state index contributed by atoms with van der Waals surface area (Å²) >= 11 is 1.28. The molecule has 134 valence electrons. The lowest BCUT2D eigenvalue weighted by Crippen LogP contribution is -2.45. The van der Waals surface area contributed by atoms with Crippen molar-refractivity contribution in [2.24, 2.45) is 0 Å². The molecule has 0 aliphatic heterocycles. The van der Waals surface area contributed by atoms with Gasteiger partial charge in [-0.15, -0.1) is 11.3 Å². The van der Waals surface area contributed by atoms with Crippen molar-refractivity contribution < 1.29 is 23.1 Å². The highest BCUT2D eigenvalue weighted by atomic mass is 32.1. The van der Waals surface area contributed by atoms with Crippen LogP contribution in [-0.4, -0.2) is 24.5 Å². The summed E-state index contributed by atoms with van der Waals surface area (Å²) in [6.45, 7) is 0.379. The minimum absolute atomic E-state index is 0.0210. The molecular weight excluding hydrogens is 350 g/mol. The average molecular weight is 368 g/mol. The number of halogens is 2. The van der Waals surface area contributed by atoms with Crippen LogP contribution in [0.15, 0.2) is 41.8 Å². The van der Waals surface area contributed by atoms with Crippen LogP contribution in [0.3, 0.4) is 0 Å². The van der Waals surface area contributed by atoms with Gasteiger partial charge in [-0.05, 0) is 43.0 Å². The monoisotopic (exact) mass is 368 g/mol. The van der Waals surface area contributed by atoms with Crippen molar-refractivity contribution in [3.63, 3.8) is 0 Å². The van der Waals surface area contributed by atoms with E-state index in [2.05, 4.69) is 15.4 Å². The summed E-state index contributed by atoms with van der Waals surface area (Å²) in [6.07, 6.45) is 0. The molecule has 0 saturated carbocycles. The van der Waals surface area contributed by atoms with Crippen LogP contribution in [-0.2, 0) is 4.79 Å². The number of rotatable bonds is 7. The smallest absolute Gasteiger partial charge is 0.387 e. The van der Waals surface area contributed by atoms with Crippen LogP contribution in [0.1, 0.15) is 35.1 Å². The van der Waals surface area contributed by atoms with Gasteiger partial charge in [0.25, 0.3) is 5.91 Å². The predicted octanol–water partition coefficient (Wildman–Crippen LogP) is 3.35. The van der Waals surface area contributed by atoms with Crippen LogP contribution in [0.4, 0.5) is 8.78 Å². The Morgan fingerprint density at radius 1 is 1.12 bits per heavy atom. The highest BCUT2D eigenvalue weighted by molar-refractivity contribution is 7.12. The second kappa shape index (κ2) is 8.57. The van der Waals surface area contributed by atoms with Gasteiger partial charge in [-0.1, -0.05) is 18.2 Å². The molecule has 2 unspecified atom stereocenters. The van der Waals surface area contributed by atoms with E-state index in [-0.39, 0.29) is 17.6 Å². The molecule has 0 aliphatic rings. The number of carbonyl (C=O) groups is 2. The second-order valence-electron chi connectivity index (χ2n) is 5.35. The molecular formula is C17H18F2N2O3S. The molecule has 0 aliphatic carbocycles. The van der Waals surface area contributed by atoms with Crippen molar-refractivity contribution in [2.45, 2.75) is 32.5 Å². The second-order valence-corrected chi connectivity index (χ2v) is 6.30. The topological polar surface area (TPSA) is 67.4 Å². The molecule has 2 aromatic rings. The molecule has 0 saturated heterocycles. The van der Waals surface area contributed by atoms with E-state index >= 15 is 0 Å². The first-order valence-corrected chi connectivity index (χ1v) is 8.44. The first kappa shape index (κ1) is 18.9. The minimum atomic E-state index is -2.91. The lowest BCUT2D eigenvalue weighted by atomic mass is 10.1. The van der Waals surface area contributed by atoms with Crippen LogP contribution in [0, 0.1) is 0 Å². The number of ether oxygens (including phenoxy) is 1. The fourth-order valence-electron chi connectivity index (χ4n) is 2.12. The van der Waals surface area contributed by atoms with E-state index in [1.54, 1.807) is 43.5 Å². The highest BCUT2D eigenvalue weighted by Crippen LogP contribution is 2.20. The third-order valence-corrected chi connectivity index (χ3v) is 4.30. The van der Waals surface area contributed by atoms with E-state index in [4.69, 9.17) is 0 Å². The van der Waals surface area contributed by atoms with Gasteiger partial charge in [0.05, 0.1) is 10.9 Å². The van der Waals surface area contributed by atoms with Gasteiger partial charge in [0.2, 0.25) is 5.91 Å². The first-order chi connectivity index (χ1) is 11.9. The Kier molecular flexibility index (Phi) is 6.46. The van der Waals surface area contributed by atoms with E-state index in [1.807, 2.05) is 0 Å². The molecule has 8 heteroatoms. The lowest BCUT2D eigenvalue weighted by Gasteiger charge is -2.19. The number of thiophene rings is 1. The molecule has 5 nitrogen and oxygen atoms in total. The normalized spacial score (nSPS) is 13.2. The third kappa shape index (κ3) is 5.53. The van der Waals surface area contributed by atoms with Crippen molar-refractivity contribution in [3.05, 3.63) is 52.2 Å². The number of hydrogen-bond acceptors (Lipinski definition) is 4. The summed E-state index contributed by atoms with van der Waals surface area (Å²) in [4.78, 5) is 24.7. The minimum Gasteiger partial charge on any atom is -0.435 e. The van der Waals surface area contributed by atoms with Crippen LogP contribution in [0.25, 0.3) is 0 Å². The number of nitrogens with one attached hydrogen (secondary N) is 2. The quantitative estimate of drug-likeness (QED) is 0.788.